The summed E-state index contributed by atoms with van der Waals surface area (Å²) in [5.74, 6) is 0. The van der Waals surface area contributed by atoms with Gasteiger partial charge in [0.25, 0.3) is 0 Å². The molecule has 1 saturated heterocycles. The maximum absolute atomic E-state index is 5.53. The van der Waals surface area contributed by atoms with Crippen molar-refractivity contribution < 1.29 is 4.74 Å². The predicted octanol–water partition coefficient (Wildman–Crippen LogP) is -0.0107. The van der Waals surface area contributed by atoms with Crippen molar-refractivity contribution in [1.29, 1.82) is 0 Å². The summed E-state index contributed by atoms with van der Waals surface area (Å²) in [4.78, 5) is 4.91. The van der Waals surface area contributed by atoms with Gasteiger partial charge in [-0.2, -0.15) is 0 Å². The summed E-state index contributed by atoms with van der Waals surface area (Å²) in [6.45, 7) is 11.5. The van der Waals surface area contributed by atoms with E-state index in [2.05, 4.69) is 16.7 Å². The first-order chi connectivity index (χ1) is 7.36. The number of hydrogen-bond acceptors (Lipinski definition) is 4. The molecule has 4 heteroatoms. The van der Waals surface area contributed by atoms with Crippen LogP contribution in [0.3, 0.4) is 0 Å². The molecule has 0 aromatic heterocycles. The van der Waals surface area contributed by atoms with Gasteiger partial charge in [0.1, 0.15) is 0 Å². The molecule has 1 heterocycles. The van der Waals surface area contributed by atoms with Crippen LogP contribution < -0.4 is 5.73 Å². The molecule has 0 aromatic rings. The third-order valence-electron chi connectivity index (χ3n) is 2.81. The van der Waals surface area contributed by atoms with E-state index in [1.165, 1.54) is 0 Å². The first kappa shape index (κ1) is 12.9. The summed E-state index contributed by atoms with van der Waals surface area (Å²) >= 11 is 0. The molecule has 90 valence electrons. The molecule has 0 atom stereocenters. The Hall–Kier alpha value is -0.160. The Labute approximate surface area is 93.4 Å². The molecular weight excluding hydrogens is 190 g/mol. The van der Waals surface area contributed by atoms with E-state index in [1.54, 1.807) is 0 Å². The van der Waals surface area contributed by atoms with Gasteiger partial charge >= 0.3 is 0 Å². The largest absolute Gasteiger partial charge is 0.380 e. The normalized spacial score (nSPS) is 19.6. The molecule has 4 nitrogen and oxygen atoms in total. The molecule has 1 aliphatic heterocycles. The minimum atomic E-state index is 0.777. The van der Waals surface area contributed by atoms with E-state index in [9.17, 15) is 0 Å². The zero-order valence-electron chi connectivity index (χ0n) is 9.95. The average molecular weight is 215 g/mol. The minimum Gasteiger partial charge on any atom is -0.380 e. The molecular formula is C11H25N3O. The van der Waals surface area contributed by atoms with E-state index in [0.29, 0.717) is 0 Å². The fraction of sp³-hybridized carbons (Fsp3) is 1.00. The molecule has 0 aromatic carbocycles. The number of rotatable bonds is 7. The van der Waals surface area contributed by atoms with E-state index in [1.807, 2.05) is 0 Å². The molecule has 0 radical (unpaired) electrons. The summed E-state index contributed by atoms with van der Waals surface area (Å²) in [7, 11) is 0. The highest BCUT2D eigenvalue weighted by Crippen LogP contribution is 2.00. The van der Waals surface area contributed by atoms with Crippen molar-refractivity contribution in [2.24, 2.45) is 5.73 Å². The van der Waals surface area contributed by atoms with Crippen LogP contribution in [0.25, 0.3) is 0 Å². The van der Waals surface area contributed by atoms with Gasteiger partial charge in [-0.3, -0.25) is 9.80 Å². The van der Waals surface area contributed by atoms with Crippen molar-refractivity contribution in [3.8, 4) is 0 Å². The van der Waals surface area contributed by atoms with Crippen LogP contribution >= 0.6 is 0 Å². The summed E-state index contributed by atoms with van der Waals surface area (Å²) in [5, 5.41) is 0. The van der Waals surface area contributed by atoms with Gasteiger partial charge in [-0.1, -0.05) is 6.92 Å². The third-order valence-corrected chi connectivity index (χ3v) is 2.81. The van der Waals surface area contributed by atoms with Crippen LogP contribution in [-0.2, 0) is 4.74 Å². The number of piperazine rings is 1. The van der Waals surface area contributed by atoms with Gasteiger partial charge < -0.3 is 10.5 Å². The number of nitrogens with zero attached hydrogens (tertiary/aromatic N) is 2. The lowest BCUT2D eigenvalue weighted by atomic mass is 10.3. The van der Waals surface area contributed by atoms with Crippen LogP contribution in [0, 0.1) is 0 Å². The van der Waals surface area contributed by atoms with Crippen molar-refractivity contribution in [1.82, 2.24) is 9.80 Å². The van der Waals surface area contributed by atoms with Crippen LogP contribution in [0.5, 0.6) is 0 Å². The molecule has 0 spiro atoms. The lowest BCUT2D eigenvalue weighted by Gasteiger charge is -2.34. The van der Waals surface area contributed by atoms with Gasteiger partial charge in [0.05, 0.1) is 6.61 Å². The van der Waals surface area contributed by atoms with Crippen molar-refractivity contribution >= 4 is 0 Å². The van der Waals surface area contributed by atoms with E-state index >= 15 is 0 Å². The Morgan fingerprint density at radius 1 is 1.00 bits per heavy atom. The zero-order chi connectivity index (χ0) is 10.9. The number of hydrogen-bond donors (Lipinski definition) is 1. The molecule has 0 amide bonds. The van der Waals surface area contributed by atoms with Crippen LogP contribution in [0.2, 0.25) is 0 Å². The van der Waals surface area contributed by atoms with Crippen molar-refractivity contribution in [2.75, 3.05) is 59.0 Å². The van der Waals surface area contributed by atoms with Gasteiger partial charge in [0.15, 0.2) is 0 Å². The molecule has 1 aliphatic rings. The standard InChI is InChI=1S/C11H25N3O/c1-2-10-15-11-9-14-7-5-13(4-3-12)6-8-14/h2-12H2,1H3. The first-order valence-electron chi connectivity index (χ1n) is 6.09. The highest BCUT2D eigenvalue weighted by atomic mass is 16.5. The zero-order valence-corrected chi connectivity index (χ0v) is 9.95. The lowest BCUT2D eigenvalue weighted by Crippen LogP contribution is -2.48. The highest BCUT2D eigenvalue weighted by molar-refractivity contribution is 4.71. The van der Waals surface area contributed by atoms with Gasteiger partial charge in [-0.15, -0.1) is 0 Å². The second-order valence-electron chi connectivity index (χ2n) is 4.08. The van der Waals surface area contributed by atoms with E-state index in [0.717, 1.165) is 65.4 Å². The minimum absolute atomic E-state index is 0.777. The lowest BCUT2D eigenvalue weighted by molar-refractivity contribution is 0.0767. The van der Waals surface area contributed by atoms with Gasteiger partial charge in [-0.05, 0) is 6.42 Å². The first-order valence-corrected chi connectivity index (χ1v) is 6.09. The van der Waals surface area contributed by atoms with Crippen LogP contribution in [-0.4, -0.2) is 68.8 Å². The molecule has 0 saturated carbocycles. The Kier molecular flexibility index (Phi) is 6.92. The Balaban J connectivity index is 1.99. The number of ether oxygens (including phenoxy) is 1. The summed E-state index contributed by atoms with van der Waals surface area (Å²) in [6.07, 6.45) is 1.12. The van der Waals surface area contributed by atoms with E-state index in [4.69, 9.17) is 10.5 Å². The second kappa shape index (κ2) is 8.05. The van der Waals surface area contributed by atoms with Crippen LogP contribution in [0.4, 0.5) is 0 Å². The van der Waals surface area contributed by atoms with Crippen molar-refractivity contribution in [3.63, 3.8) is 0 Å². The molecule has 0 aliphatic carbocycles. The fourth-order valence-corrected chi connectivity index (χ4v) is 1.86. The van der Waals surface area contributed by atoms with E-state index < -0.39 is 0 Å². The molecule has 1 rings (SSSR count). The summed E-state index contributed by atoms with van der Waals surface area (Å²) in [6, 6.07) is 0. The maximum atomic E-state index is 5.53. The van der Waals surface area contributed by atoms with Crippen molar-refractivity contribution in [3.05, 3.63) is 0 Å². The van der Waals surface area contributed by atoms with Gasteiger partial charge in [0, 0.05) is 52.4 Å². The quantitative estimate of drug-likeness (QED) is 0.607. The Bertz CT molecular complexity index is 144. The van der Waals surface area contributed by atoms with Gasteiger partial charge in [0.2, 0.25) is 0 Å². The molecule has 0 bridgehead atoms. The summed E-state index contributed by atoms with van der Waals surface area (Å²) in [5.41, 5.74) is 5.53. The highest BCUT2D eigenvalue weighted by Gasteiger charge is 2.15. The average Bonchev–Trinajstić information content (AvgIpc) is 2.27. The molecule has 2 N–H and O–H groups in total. The Morgan fingerprint density at radius 2 is 1.60 bits per heavy atom. The third kappa shape index (κ3) is 5.47. The smallest absolute Gasteiger partial charge is 0.0593 e. The predicted molar refractivity (Wildman–Crippen MR) is 63.0 cm³/mol. The Morgan fingerprint density at radius 3 is 2.13 bits per heavy atom. The fourth-order valence-electron chi connectivity index (χ4n) is 1.86. The summed E-state index contributed by atoms with van der Waals surface area (Å²) < 4.78 is 5.48. The van der Waals surface area contributed by atoms with Crippen LogP contribution in [0.1, 0.15) is 13.3 Å². The van der Waals surface area contributed by atoms with Gasteiger partial charge in [-0.25, -0.2) is 0 Å². The monoisotopic (exact) mass is 215 g/mol. The number of nitrogens with two attached hydrogens (primary N) is 1. The van der Waals surface area contributed by atoms with E-state index in [-0.39, 0.29) is 0 Å². The molecule has 1 fully saturated rings. The SMILES string of the molecule is CCCOCCN1CCN(CCN)CC1. The van der Waals surface area contributed by atoms with Crippen molar-refractivity contribution in [2.45, 2.75) is 13.3 Å². The topological polar surface area (TPSA) is 41.7 Å². The molecule has 15 heavy (non-hydrogen) atoms. The second-order valence-corrected chi connectivity index (χ2v) is 4.08. The molecule has 0 unspecified atom stereocenters. The maximum Gasteiger partial charge on any atom is 0.0593 e. The van der Waals surface area contributed by atoms with Crippen LogP contribution in [0.15, 0.2) is 0 Å².